The maximum atomic E-state index is 12.6. The van der Waals surface area contributed by atoms with Gasteiger partial charge < -0.3 is 19.9 Å². The standard InChI is InChI=1S/C21H24ClNO5/c1-12-8-14(21(2,3)4)6-7-16(12)28-20(25)13-9-15(22)19(17(10-13)26-5)27-11-18(23)24/h6-10H,11H2,1-5H3,(H2,23,24). The van der Waals surface area contributed by atoms with Crippen molar-refractivity contribution in [2.75, 3.05) is 13.7 Å². The number of esters is 1. The number of benzene rings is 2. The number of amides is 1. The molecule has 0 aliphatic carbocycles. The second-order valence-electron chi connectivity index (χ2n) is 7.36. The van der Waals surface area contributed by atoms with E-state index in [0.717, 1.165) is 11.1 Å². The number of carbonyl (C=O) groups is 2. The number of methoxy groups -OCH3 is 1. The summed E-state index contributed by atoms with van der Waals surface area (Å²) in [5.74, 6) is -0.461. The molecule has 0 aliphatic heterocycles. The minimum atomic E-state index is -0.657. The second-order valence-corrected chi connectivity index (χ2v) is 7.77. The van der Waals surface area contributed by atoms with Crippen molar-refractivity contribution in [3.63, 3.8) is 0 Å². The van der Waals surface area contributed by atoms with E-state index in [0.29, 0.717) is 5.75 Å². The first kappa shape index (κ1) is 21.6. The Hall–Kier alpha value is -2.73. The zero-order chi connectivity index (χ0) is 21.1. The topological polar surface area (TPSA) is 87.8 Å². The van der Waals surface area contributed by atoms with Crippen LogP contribution in [0.1, 0.15) is 42.3 Å². The van der Waals surface area contributed by atoms with Gasteiger partial charge in [-0.15, -0.1) is 0 Å². The van der Waals surface area contributed by atoms with Gasteiger partial charge in [0.2, 0.25) is 0 Å². The zero-order valence-electron chi connectivity index (χ0n) is 16.6. The average Bonchev–Trinajstić information content (AvgIpc) is 2.60. The predicted octanol–water partition coefficient (Wildman–Crippen LogP) is 4.04. The van der Waals surface area contributed by atoms with Crippen LogP contribution in [-0.4, -0.2) is 25.6 Å². The van der Waals surface area contributed by atoms with E-state index in [9.17, 15) is 9.59 Å². The monoisotopic (exact) mass is 405 g/mol. The quantitative estimate of drug-likeness (QED) is 0.578. The van der Waals surface area contributed by atoms with Crippen molar-refractivity contribution in [3.05, 3.63) is 52.0 Å². The molecule has 2 aromatic rings. The molecule has 0 unspecified atom stereocenters. The van der Waals surface area contributed by atoms with Crippen molar-refractivity contribution >= 4 is 23.5 Å². The molecule has 0 bridgehead atoms. The fraction of sp³-hybridized carbons (Fsp3) is 0.333. The molecule has 28 heavy (non-hydrogen) atoms. The normalized spacial score (nSPS) is 11.1. The van der Waals surface area contributed by atoms with Crippen LogP contribution in [-0.2, 0) is 10.2 Å². The van der Waals surface area contributed by atoms with Gasteiger partial charge in [0.15, 0.2) is 18.1 Å². The van der Waals surface area contributed by atoms with Gasteiger partial charge >= 0.3 is 5.97 Å². The molecule has 150 valence electrons. The van der Waals surface area contributed by atoms with E-state index in [-0.39, 0.29) is 34.1 Å². The Kier molecular flexibility index (Phi) is 6.56. The maximum absolute atomic E-state index is 12.6. The first-order valence-corrected chi connectivity index (χ1v) is 9.02. The minimum absolute atomic E-state index is 0.00503. The van der Waals surface area contributed by atoms with Gasteiger partial charge in [-0.1, -0.05) is 44.5 Å². The van der Waals surface area contributed by atoms with Crippen molar-refractivity contribution < 1.29 is 23.8 Å². The Morgan fingerprint density at radius 1 is 1.11 bits per heavy atom. The van der Waals surface area contributed by atoms with E-state index in [4.69, 9.17) is 31.5 Å². The Labute approximate surface area is 169 Å². The molecule has 1 amide bonds. The number of rotatable bonds is 6. The maximum Gasteiger partial charge on any atom is 0.343 e. The van der Waals surface area contributed by atoms with Crippen molar-refractivity contribution in [1.82, 2.24) is 0 Å². The molecule has 0 heterocycles. The number of carbonyl (C=O) groups excluding carboxylic acids is 2. The summed E-state index contributed by atoms with van der Waals surface area (Å²) in [6.45, 7) is 7.86. The molecule has 7 heteroatoms. The lowest BCUT2D eigenvalue weighted by Gasteiger charge is -2.20. The SMILES string of the molecule is COc1cc(C(=O)Oc2ccc(C(C)(C)C)cc2C)cc(Cl)c1OCC(N)=O. The van der Waals surface area contributed by atoms with Gasteiger partial charge in [0.05, 0.1) is 17.7 Å². The molecule has 6 nitrogen and oxygen atoms in total. The summed E-state index contributed by atoms with van der Waals surface area (Å²) in [4.78, 5) is 23.5. The third kappa shape index (κ3) is 5.16. The molecule has 0 atom stereocenters. The lowest BCUT2D eigenvalue weighted by atomic mass is 9.86. The number of ether oxygens (including phenoxy) is 3. The molecule has 2 rings (SSSR count). The lowest BCUT2D eigenvalue weighted by Crippen LogP contribution is -2.20. The number of aryl methyl sites for hydroxylation is 1. The number of primary amides is 1. The van der Waals surface area contributed by atoms with Gasteiger partial charge in [-0.2, -0.15) is 0 Å². The van der Waals surface area contributed by atoms with Gasteiger partial charge in [-0.3, -0.25) is 4.79 Å². The van der Waals surface area contributed by atoms with E-state index in [1.54, 1.807) is 6.07 Å². The molecule has 2 aromatic carbocycles. The molecule has 0 aliphatic rings. The fourth-order valence-electron chi connectivity index (χ4n) is 2.51. The van der Waals surface area contributed by atoms with Crippen LogP contribution in [0, 0.1) is 6.92 Å². The largest absolute Gasteiger partial charge is 0.493 e. The Bertz CT molecular complexity index is 902. The summed E-state index contributed by atoms with van der Waals surface area (Å²) in [5, 5.41) is 0.104. The van der Waals surface area contributed by atoms with Crippen LogP contribution < -0.4 is 19.9 Å². The number of hydrogen-bond acceptors (Lipinski definition) is 5. The van der Waals surface area contributed by atoms with E-state index in [1.165, 1.54) is 19.2 Å². The highest BCUT2D eigenvalue weighted by atomic mass is 35.5. The summed E-state index contributed by atoms with van der Waals surface area (Å²) in [5.41, 5.74) is 7.25. The van der Waals surface area contributed by atoms with Crippen LogP contribution >= 0.6 is 11.6 Å². The summed E-state index contributed by atoms with van der Waals surface area (Å²) < 4.78 is 16.0. The van der Waals surface area contributed by atoms with E-state index in [1.807, 2.05) is 19.1 Å². The summed E-state index contributed by atoms with van der Waals surface area (Å²) in [6.07, 6.45) is 0. The van der Waals surface area contributed by atoms with Crippen LogP contribution in [0.15, 0.2) is 30.3 Å². The first-order valence-electron chi connectivity index (χ1n) is 8.65. The Morgan fingerprint density at radius 2 is 1.79 bits per heavy atom. The lowest BCUT2D eigenvalue weighted by molar-refractivity contribution is -0.119. The van der Waals surface area contributed by atoms with Crippen LogP contribution in [0.5, 0.6) is 17.2 Å². The van der Waals surface area contributed by atoms with Gasteiger partial charge in [0, 0.05) is 0 Å². The van der Waals surface area contributed by atoms with Crippen molar-refractivity contribution in [3.8, 4) is 17.2 Å². The van der Waals surface area contributed by atoms with Crippen LogP contribution in [0.25, 0.3) is 0 Å². The Balaban J connectivity index is 2.27. The second kappa shape index (κ2) is 8.52. The van der Waals surface area contributed by atoms with Crippen molar-refractivity contribution in [2.45, 2.75) is 33.1 Å². The molecule has 0 aromatic heterocycles. The molecular formula is C21H24ClNO5. The number of halogens is 1. The highest BCUT2D eigenvalue weighted by Gasteiger charge is 2.20. The fourth-order valence-corrected chi connectivity index (χ4v) is 2.78. The average molecular weight is 406 g/mol. The highest BCUT2D eigenvalue weighted by Crippen LogP contribution is 2.37. The molecule has 0 fully saturated rings. The molecule has 0 spiro atoms. The molecule has 0 saturated heterocycles. The molecular weight excluding hydrogens is 382 g/mol. The van der Waals surface area contributed by atoms with Crippen LogP contribution in [0.4, 0.5) is 0 Å². The summed E-state index contributed by atoms with van der Waals surface area (Å²) in [6, 6.07) is 8.53. The third-order valence-corrected chi connectivity index (χ3v) is 4.35. The summed E-state index contributed by atoms with van der Waals surface area (Å²) in [7, 11) is 1.40. The van der Waals surface area contributed by atoms with Crippen LogP contribution in [0.2, 0.25) is 5.02 Å². The van der Waals surface area contributed by atoms with Gasteiger partial charge in [0.1, 0.15) is 5.75 Å². The zero-order valence-corrected chi connectivity index (χ0v) is 17.3. The van der Waals surface area contributed by atoms with Crippen LogP contribution in [0.3, 0.4) is 0 Å². The molecule has 0 radical (unpaired) electrons. The summed E-state index contributed by atoms with van der Waals surface area (Å²) >= 11 is 6.18. The number of hydrogen-bond donors (Lipinski definition) is 1. The van der Waals surface area contributed by atoms with Crippen molar-refractivity contribution in [2.24, 2.45) is 5.73 Å². The highest BCUT2D eigenvalue weighted by molar-refractivity contribution is 6.32. The van der Waals surface area contributed by atoms with Crippen molar-refractivity contribution in [1.29, 1.82) is 0 Å². The van der Waals surface area contributed by atoms with E-state index in [2.05, 4.69) is 20.8 Å². The third-order valence-electron chi connectivity index (χ3n) is 4.07. The molecule has 2 N–H and O–H groups in total. The van der Waals surface area contributed by atoms with Gasteiger partial charge in [0.25, 0.3) is 5.91 Å². The predicted molar refractivity (Wildman–Crippen MR) is 108 cm³/mol. The first-order chi connectivity index (χ1) is 13.0. The number of nitrogens with two attached hydrogens (primary N) is 1. The minimum Gasteiger partial charge on any atom is -0.493 e. The van der Waals surface area contributed by atoms with E-state index >= 15 is 0 Å². The smallest absolute Gasteiger partial charge is 0.343 e. The Morgan fingerprint density at radius 3 is 2.32 bits per heavy atom. The van der Waals surface area contributed by atoms with Gasteiger partial charge in [-0.05, 0) is 41.7 Å². The van der Waals surface area contributed by atoms with Gasteiger partial charge in [-0.25, -0.2) is 4.79 Å². The molecule has 0 saturated carbocycles. The van der Waals surface area contributed by atoms with E-state index < -0.39 is 11.9 Å².